The lowest BCUT2D eigenvalue weighted by molar-refractivity contribution is 0.322. The average Bonchev–Trinajstić information content (AvgIpc) is 2.87. The van der Waals surface area contributed by atoms with Gasteiger partial charge >= 0.3 is 0 Å². The number of ether oxygens (including phenoxy) is 3. The van der Waals surface area contributed by atoms with Crippen LogP contribution in [0.25, 0.3) is 0 Å². The Hall–Kier alpha value is -3.15. The van der Waals surface area contributed by atoms with Gasteiger partial charge in [0, 0.05) is 30.8 Å². The van der Waals surface area contributed by atoms with Crippen LogP contribution in [0, 0.1) is 0 Å². The van der Waals surface area contributed by atoms with Gasteiger partial charge in [-0.15, -0.1) is 0 Å². The van der Waals surface area contributed by atoms with Crippen molar-refractivity contribution < 1.29 is 23.3 Å². The predicted octanol–water partition coefficient (Wildman–Crippen LogP) is 5.53. The van der Waals surface area contributed by atoms with Crippen LogP contribution >= 0.6 is 7.37 Å². The number of nitrogens with zero attached hydrogens (tertiary/aromatic N) is 1. The molecule has 3 aromatic rings. The summed E-state index contributed by atoms with van der Waals surface area (Å²) < 4.78 is 37.5. The van der Waals surface area contributed by atoms with Crippen molar-refractivity contribution in [3.05, 3.63) is 72.3 Å². The van der Waals surface area contributed by atoms with E-state index in [1.807, 2.05) is 92.6 Å². The van der Waals surface area contributed by atoms with Crippen molar-refractivity contribution in [3.8, 4) is 17.2 Å². The second-order valence-corrected chi connectivity index (χ2v) is 10.3. The van der Waals surface area contributed by atoms with Gasteiger partial charge in [0.25, 0.3) is 7.37 Å². The van der Waals surface area contributed by atoms with Gasteiger partial charge in [-0.05, 0) is 61.0 Å². The lowest BCUT2D eigenvalue weighted by Gasteiger charge is -2.30. The van der Waals surface area contributed by atoms with E-state index in [-0.39, 0.29) is 6.61 Å². The lowest BCUT2D eigenvalue weighted by Crippen LogP contribution is -2.21. The second-order valence-electron chi connectivity index (χ2n) is 7.80. The first-order valence-corrected chi connectivity index (χ1v) is 12.7. The van der Waals surface area contributed by atoms with E-state index >= 15 is 0 Å². The van der Waals surface area contributed by atoms with Gasteiger partial charge in [-0.2, -0.15) is 0 Å². The first kappa shape index (κ1) is 25.5. The van der Waals surface area contributed by atoms with E-state index in [2.05, 4.69) is 5.32 Å². The van der Waals surface area contributed by atoms with Crippen LogP contribution in [0.4, 0.5) is 11.4 Å². The van der Waals surface area contributed by atoms with Gasteiger partial charge in [0.05, 0.1) is 27.9 Å². The van der Waals surface area contributed by atoms with Crippen molar-refractivity contribution in [2.24, 2.45) is 0 Å². The van der Waals surface area contributed by atoms with Crippen molar-refractivity contribution in [1.82, 2.24) is 0 Å². The molecule has 0 unspecified atom stereocenters. The van der Waals surface area contributed by atoms with E-state index in [1.165, 1.54) is 0 Å². The zero-order chi connectivity index (χ0) is 24.7. The monoisotopic (exact) mass is 484 g/mol. The Bertz CT molecular complexity index is 1090. The number of methoxy groups -OCH3 is 3. The number of anilines is 2. The maximum Gasteiger partial charge on any atom is 0.258 e. The minimum atomic E-state index is -3.49. The minimum absolute atomic E-state index is 0.282. The zero-order valence-electron chi connectivity index (χ0n) is 20.6. The summed E-state index contributed by atoms with van der Waals surface area (Å²) in [6.07, 6.45) is 0. The molecule has 1 N–H and O–H groups in total. The normalized spacial score (nSPS) is 13.5. The van der Waals surface area contributed by atoms with Gasteiger partial charge in [-0.3, -0.25) is 4.57 Å². The lowest BCUT2D eigenvalue weighted by atomic mass is 10.1. The molecule has 182 valence electrons. The molecule has 2 atom stereocenters. The van der Waals surface area contributed by atoms with E-state index in [1.54, 1.807) is 21.3 Å². The van der Waals surface area contributed by atoms with Gasteiger partial charge < -0.3 is 29.0 Å². The fourth-order valence-electron chi connectivity index (χ4n) is 3.76. The maximum atomic E-state index is 14.7. The van der Waals surface area contributed by atoms with Gasteiger partial charge in [0.2, 0.25) is 5.75 Å². The smallest absolute Gasteiger partial charge is 0.258 e. The Kier molecular flexibility index (Phi) is 8.48. The Balaban J connectivity index is 2.22. The summed E-state index contributed by atoms with van der Waals surface area (Å²) in [6, 6.07) is 20.9. The summed E-state index contributed by atoms with van der Waals surface area (Å²) in [5.74, 6) is 0.702. The topological polar surface area (TPSA) is 69.3 Å². The summed E-state index contributed by atoms with van der Waals surface area (Å²) in [5.41, 5.74) is 2.50. The molecule has 0 aromatic heterocycles. The highest BCUT2D eigenvalue weighted by Crippen LogP contribution is 2.60. The Labute approximate surface area is 202 Å². The van der Waals surface area contributed by atoms with Gasteiger partial charge in [0.1, 0.15) is 5.78 Å². The molecule has 0 spiro atoms. The number of para-hydroxylation sites is 1. The quantitative estimate of drug-likeness (QED) is 0.359. The molecule has 0 aliphatic rings. The summed E-state index contributed by atoms with van der Waals surface area (Å²) in [4.78, 5) is 1.99. The fraction of sp³-hybridized carbons (Fsp3) is 0.308. The van der Waals surface area contributed by atoms with E-state index in [9.17, 15) is 4.57 Å². The third-order valence-electron chi connectivity index (χ3n) is 5.47. The highest BCUT2D eigenvalue weighted by Gasteiger charge is 2.38. The largest absolute Gasteiger partial charge is 0.493 e. The Morgan fingerprint density at radius 3 is 1.94 bits per heavy atom. The standard InChI is InChI=1S/C26H33N2O5P/c1-7-33-34(29,22-15-13-21(14-16-22)28(2)3)26(27-20-11-9-8-10-12-20)19-17-23(30-4)25(32-6)24(18-19)31-5/h8-18,26-27H,7H2,1-6H3/t26-,34+/m1/s1. The molecule has 0 amide bonds. The first-order chi connectivity index (χ1) is 16.4. The van der Waals surface area contributed by atoms with Gasteiger partial charge in [-0.1, -0.05) is 18.2 Å². The number of hydrogen-bond donors (Lipinski definition) is 1. The van der Waals surface area contributed by atoms with Crippen molar-refractivity contribution in [2.45, 2.75) is 12.7 Å². The van der Waals surface area contributed by atoms with Gasteiger partial charge in [-0.25, -0.2) is 0 Å². The highest BCUT2D eigenvalue weighted by atomic mass is 31.2. The van der Waals surface area contributed by atoms with E-state index < -0.39 is 13.2 Å². The molecule has 0 radical (unpaired) electrons. The third-order valence-corrected chi connectivity index (χ3v) is 8.23. The van der Waals surface area contributed by atoms with Crippen LogP contribution in [0.5, 0.6) is 17.2 Å². The molecule has 0 saturated heterocycles. The van der Waals surface area contributed by atoms with Crippen molar-refractivity contribution in [3.63, 3.8) is 0 Å². The zero-order valence-corrected chi connectivity index (χ0v) is 21.5. The highest BCUT2D eigenvalue weighted by molar-refractivity contribution is 7.67. The molecular weight excluding hydrogens is 451 g/mol. The number of benzene rings is 3. The van der Waals surface area contributed by atoms with Crippen LogP contribution in [-0.4, -0.2) is 42.0 Å². The van der Waals surface area contributed by atoms with Gasteiger partial charge in [0.15, 0.2) is 11.5 Å². The molecule has 0 saturated carbocycles. The van der Waals surface area contributed by atoms with Crippen LogP contribution in [0.3, 0.4) is 0 Å². The van der Waals surface area contributed by atoms with Crippen molar-refractivity contribution in [1.29, 1.82) is 0 Å². The van der Waals surface area contributed by atoms with Crippen LogP contribution < -0.4 is 29.7 Å². The van der Waals surface area contributed by atoms with Crippen LogP contribution in [0.2, 0.25) is 0 Å². The summed E-state index contributed by atoms with van der Waals surface area (Å²) in [6.45, 7) is 2.12. The molecule has 34 heavy (non-hydrogen) atoms. The summed E-state index contributed by atoms with van der Waals surface area (Å²) >= 11 is 0. The van der Waals surface area contributed by atoms with E-state index in [4.69, 9.17) is 18.7 Å². The maximum absolute atomic E-state index is 14.7. The Morgan fingerprint density at radius 1 is 0.882 bits per heavy atom. The molecule has 0 fully saturated rings. The third kappa shape index (κ3) is 5.32. The number of hydrogen-bond acceptors (Lipinski definition) is 7. The fourth-order valence-corrected chi connectivity index (χ4v) is 6.17. The molecule has 8 heteroatoms. The number of nitrogens with one attached hydrogen (secondary N) is 1. The molecule has 0 aliphatic carbocycles. The van der Waals surface area contributed by atoms with E-state index in [0.717, 1.165) is 11.4 Å². The molecule has 0 heterocycles. The minimum Gasteiger partial charge on any atom is -0.493 e. The molecule has 3 rings (SSSR count). The number of rotatable bonds is 11. The molecule has 3 aromatic carbocycles. The Morgan fingerprint density at radius 2 is 1.47 bits per heavy atom. The summed E-state index contributed by atoms with van der Waals surface area (Å²) in [5, 5.41) is 4.06. The summed E-state index contributed by atoms with van der Waals surface area (Å²) in [7, 11) is 5.11. The van der Waals surface area contributed by atoms with E-state index in [0.29, 0.717) is 28.1 Å². The average molecular weight is 485 g/mol. The SMILES string of the molecule is CCO[P@@](=O)(c1ccc(N(C)C)cc1)[C@@H](Nc1ccccc1)c1cc(OC)c(OC)c(OC)c1. The second kappa shape index (κ2) is 11.3. The van der Waals surface area contributed by atoms with Crippen molar-refractivity contribution >= 4 is 24.0 Å². The first-order valence-electron chi connectivity index (χ1n) is 11.0. The molecule has 7 nitrogen and oxygen atoms in total. The molecule has 0 aliphatic heterocycles. The molecule has 0 bridgehead atoms. The molecular formula is C26H33N2O5P. The van der Waals surface area contributed by atoms with Crippen LogP contribution in [-0.2, 0) is 9.09 Å². The van der Waals surface area contributed by atoms with Crippen LogP contribution in [0.15, 0.2) is 66.7 Å². The van der Waals surface area contributed by atoms with Crippen molar-refractivity contribution in [2.75, 3.05) is 52.2 Å². The predicted molar refractivity (Wildman–Crippen MR) is 139 cm³/mol. The van der Waals surface area contributed by atoms with Crippen LogP contribution in [0.1, 0.15) is 18.3 Å².